The maximum Gasteiger partial charge on any atom is 0.165 e. The molecule has 0 radical (unpaired) electrons. The molecule has 0 unspecified atom stereocenters. The van der Waals surface area contributed by atoms with E-state index in [1.165, 1.54) is 22.2 Å². The maximum absolute atomic E-state index is 5.38. The van der Waals surface area contributed by atoms with Crippen molar-refractivity contribution >= 4 is 33.5 Å². The third kappa shape index (κ3) is 4.56. The van der Waals surface area contributed by atoms with Gasteiger partial charge in [-0.05, 0) is 35.1 Å². The molecule has 2 N–H and O–H groups in total. The van der Waals surface area contributed by atoms with E-state index in [0.717, 1.165) is 9.86 Å². The lowest BCUT2D eigenvalue weighted by molar-refractivity contribution is 0.590. The van der Waals surface area contributed by atoms with Gasteiger partial charge in [0, 0.05) is 0 Å². The van der Waals surface area contributed by atoms with E-state index in [1.807, 2.05) is 24.3 Å². The molecule has 21 heavy (non-hydrogen) atoms. The molecule has 0 spiro atoms. The van der Waals surface area contributed by atoms with Gasteiger partial charge >= 0.3 is 0 Å². The van der Waals surface area contributed by atoms with Crippen LogP contribution in [0.1, 0.15) is 26.3 Å². The van der Waals surface area contributed by atoms with Gasteiger partial charge in [-0.1, -0.05) is 63.2 Å². The number of para-hydroxylation sites is 1. The molecule has 110 valence electrons. The molecule has 0 fully saturated rings. The van der Waals surface area contributed by atoms with Gasteiger partial charge in [-0.2, -0.15) is 0 Å². The molecular weight excluding hydrogens is 296 g/mol. The molecule has 0 aliphatic heterocycles. The van der Waals surface area contributed by atoms with Crippen LogP contribution in [0.3, 0.4) is 0 Å². The Kier molecular flexibility index (Phi) is 5.39. The first-order valence-corrected chi connectivity index (χ1v) is 8.48. The second-order valence-electron chi connectivity index (χ2n) is 5.68. The Morgan fingerprint density at radius 1 is 0.952 bits per heavy atom. The van der Waals surface area contributed by atoms with Gasteiger partial charge < -0.3 is 0 Å². The number of thiazole rings is 1. The minimum absolute atomic E-state index is 0.293. The van der Waals surface area contributed by atoms with Crippen LogP contribution in [0.15, 0.2) is 58.9 Å². The smallest absolute Gasteiger partial charge is 0.165 e. The van der Waals surface area contributed by atoms with Crippen LogP contribution in [-0.2, 0) is 5.41 Å². The van der Waals surface area contributed by atoms with Gasteiger partial charge in [0.15, 0.2) is 4.34 Å². The van der Waals surface area contributed by atoms with E-state index >= 15 is 0 Å². The normalized spacial score (nSPS) is 11.0. The third-order valence-corrected chi connectivity index (χ3v) is 4.68. The lowest BCUT2D eigenvalue weighted by Crippen LogP contribution is -2.10. The molecule has 3 aromatic rings. The molecule has 1 heterocycles. The van der Waals surface area contributed by atoms with Crippen molar-refractivity contribution in [3.63, 3.8) is 0 Å². The highest BCUT2D eigenvalue weighted by atomic mass is 32.2. The first kappa shape index (κ1) is 16.0. The molecule has 0 aliphatic rings. The van der Waals surface area contributed by atoms with Crippen molar-refractivity contribution in [3.8, 4) is 0 Å². The fourth-order valence-electron chi connectivity index (χ4n) is 1.84. The summed E-state index contributed by atoms with van der Waals surface area (Å²) in [4.78, 5) is 4.29. The van der Waals surface area contributed by atoms with Crippen LogP contribution in [-0.4, -0.2) is 4.98 Å². The Balaban J connectivity index is 0.000000155. The second kappa shape index (κ2) is 7.07. The number of aromatic nitrogens is 1. The lowest BCUT2D eigenvalue weighted by Gasteiger charge is -2.18. The number of rotatable bonds is 1. The fraction of sp³-hybridized carbons (Fsp3) is 0.235. The molecule has 2 aromatic carbocycles. The van der Waals surface area contributed by atoms with Crippen molar-refractivity contribution in [1.82, 2.24) is 4.98 Å². The Hall–Kier alpha value is -1.36. The summed E-state index contributed by atoms with van der Waals surface area (Å²) in [7, 11) is 0. The number of hydrogen-bond donors (Lipinski definition) is 1. The van der Waals surface area contributed by atoms with E-state index in [0.29, 0.717) is 5.41 Å². The molecule has 2 nitrogen and oxygen atoms in total. The van der Waals surface area contributed by atoms with Crippen molar-refractivity contribution in [2.75, 3.05) is 0 Å². The predicted molar refractivity (Wildman–Crippen MR) is 94.8 cm³/mol. The fourth-order valence-corrected chi connectivity index (χ4v) is 3.15. The second-order valence-corrected chi connectivity index (χ2v) is 7.59. The van der Waals surface area contributed by atoms with E-state index in [-0.39, 0.29) is 0 Å². The third-order valence-electron chi connectivity index (χ3n) is 3.01. The van der Waals surface area contributed by atoms with Crippen molar-refractivity contribution in [3.05, 3.63) is 60.2 Å². The van der Waals surface area contributed by atoms with Crippen molar-refractivity contribution in [2.45, 2.75) is 30.5 Å². The van der Waals surface area contributed by atoms with E-state index in [1.54, 1.807) is 11.3 Å². The highest BCUT2D eigenvalue weighted by Gasteiger charge is 2.11. The minimum atomic E-state index is 0.293. The average molecular weight is 316 g/mol. The van der Waals surface area contributed by atoms with E-state index in [4.69, 9.17) is 5.14 Å². The van der Waals surface area contributed by atoms with Crippen LogP contribution in [0, 0.1) is 0 Å². The summed E-state index contributed by atoms with van der Waals surface area (Å²) < 4.78 is 2.12. The molecule has 0 bridgehead atoms. The molecular formula is C17H20N2S2. The number of nitrogens with zero attached hydrogens (tertiary/aromatic N) is 1. The van der Waals surface area contributed by atoms with Crippen molar-refractivity contribution in [2.24, 2.45) is 5.14 Å². The zero-order chi connectivity index (χ0) is 15.3. The maximum atomic E-state index is 5.38. The quantitative estimate of drug-likeness (QED) is 0.623. The standard InChI is InChI=1S/C10H14.C7H6N2S2/c1-10(2,3)9-7-5-4-6-8-9;8-11-7-9-5-3-1-2-4-6(5)10-7/h4-8H,1-3H3;1-4H,8H2. The zero-order valence-electron chi connectivity index (χ0n) is 12.5. The average Bonchev–Trinajstić information content (AvgIpc) is 2.91. The van der Waals surface area contributed by atoms with E-state index in [2.05, 4.69) is 56.1 Å². The van der Waals surface area contributed by atoms with Gasteiger partial charge in [-0.3, -0.25) is 5.14 Å². The van der Waals surface area contributed by atoms with Gasteiger partial charge in [0.2, 0.25) is 0 Å². The summed E-state index contributed by atoms with van der Waals surface area (Å²) in [6.07, 6.45) is 0. The Morgan fingerprint density at radius 3 is 2.10 bits per heavy atom. The Labute approximate surface area is 134 Å². The molecule has 0 amide bonds. The Morgan fingerprint density at radius 2 is 1.57 bits per heavy atom. The highest BCUT2D eigenvalue weighted by molar-refractivity contribution is 7.99. The predicted octanol–water partition coefficient (Wildman–Crippen LogP) is 5.25. The largest absolute Gasteiger partial charge is 0.272 e. The molecule has 0 saturated heterocycles. The van der Waals surface area contributed by atoms with Crippen LogP contribution in [0.5, 0.6) is 0 Å². The van der Waals surface area contributed by atoms with Gasteiger partial charge in [-0.15, -0.1) is 11.3 Å². The first-order valence-electron chi connectivity index (χ1n) is 6.78. The summed E-state index contributed by atoms with van der Waals surface area (Å²) >= 11 is 2.83. The van der Waals surface area contributed by atoms with E-state index in [9.17, 15) is 0 Å². The van der Waals surface area contributed by atoms with Gasteiger partial charge in [-0.25, -0.2) is 4.98 Å². The topological polar surface area (TPSA) is 38.9 Å². The molecule has 0 saturated carbocycles. The van der Waals surface area contributed by atoms with Crippen molar-refractivity contribution < 1.29 is 0 Å². The molecule has 0 aliphatic carbocycles. The van der Waals surface area contributed by atoms with Crippen LogP contribution in [0.2, 0.25) is 0 Å². The SMILES string of the molecule is CC(C)(C)c1ccccc1.NSc1nc2ccccc2s1. The molecule has 3 rings (SSSR count). The molecule has 0 atom stereocenters. The zero-order valence-corrected chi connectivity index (χ0v) is 14.2. The number of fused-ring (bicyclic) bond motifs is 1. The number of nitrogens with two attached hydrogens (primary N) is 1. The summed E-state index contributed by atoms with van der Waals surface area (Å²) in [5.74, 6) is 0. The summed E-state index contributed by atoms with van der Waals surface area (Å²) in [5.41, 5.74) is 2.72. The number of hydrogen-bond acceptors (Lipinski definition) is 4. The summed E-state index contributed by atoms with van der Waals surface area (Å²) in [5, 5.41) is 5.38. The van der Waals surface area contributed by atoms with Gasteiger partial charge in [0.25, 0.3) is 0 Å². The van der Waals surface area contributed by atoms with Crippen LogP contribution >= 0.6 is 23.3 Å². The molecule has 1 aromatic heterocycles. The highest BCUT2D eigenvalue weighted by Crippen LogP contribution is 2.26. The lowest BCUT2D eigenvalue weighted by atomic mass is 9.87. The van der Waals surface area contributed by atoms with Crippen LogP contribution < -0.4 is 5.14 Å². The number of benzene rings is 2. The molecule has 4 heteroatoms. The van der Waals surface area contributed by atoms with Crippen LogP contribution in [0.25, 0.3) is 10.2 Å². The summed E-state index contributed by atoms with van der Waals surface area (Å²) in [6, 6.07) is 18.6. The monoisotopic (exact) mass is 316 g/mol. The Bertz CT molecular complexity index is 652. The van der Waals surface area contributed by atoms with Crippen LogP contribution in [0.4, 0.5) is 0 Å². The van der Waals surface area contributed by atoms with E-state index < -0.39 is 0 Å². The van der Waals surface area contributed by atoms with Crippen molar-refractivity contribution in [1.29, 1.82) is 0 Å². The minimum Gasteiger partial charge on any atom is -0.272 e. The summed E-state index contributed by atoms with van der Waals surface area (Å²) in [6.45, 7) is 6.67. The van der Waals surface area contributed by atoms with Gasteiger partial charge in [0.05, 0.1) is 10.2 Å². The van der Waals surface area contributed by atoms with Gasteiger partial charge in [0.1, 0.15) is 0 Å². The first-order chi connectivity index (χ1) is 10.0.